The molecule has 1 atom stereocenters. The molecular weight excluding hydrogens is 318 g/mol. The Morgan fingerprint density at radius 2 is 1.92 bits per heavy atom. The number of hydrogen-bond donors (Lipinski definition) is 2. The number of benzene rings is 1. The Morgan fingerprint density at radius 1 is 1.21 bits per heavy atom. The molecule has 2 rings (SSSR count). The lowest BCUT2D eigenvalue weighted by Crippen LogP contribution is -2.36. The van der Waals surface area contributed by atoms with Gasteiger partial charge in [-0.2, -0.15) is 0 Å². The molecule has 4 nitrogen and oxygen atoms in total. The van der Waals surface area contributed by atoms with E-state index >= 15 is 0 Å². The summed E-state index contributed by atoms with van der Waals surface area (Å²) in [5.74, 6) is 0.702. The van der Waals surface area contributed by atoms with Crippen molar-refractivity contribution in [2.45, 2.75) is 39.5 Å². The number of anilines is 2. The molecule has 0 aromatic heterocycles. The number of morpholine rings is 1. The van der Waals surface area contributed by atoms with Crippen LogP contribution in [-0.2, 0) is 4.74 Å². The Labute approximate surface area is 152 Å². The van der Waals surface area contributed by atoms with E-state index in [0.29, 0.717) is 11.0 Å². The van der Waals surface area contributed by atoms with Crippen LogP contribution >= 0.6 is 12.2 Å². The molecule has 134 valence electrons. The summed E-state index contributed by atoms with van der Waals surface area (Å²) < 4.78 is 5.40. The minimum absolute atomic E-state index is 0.702. The van der Waals surface area contributed by atoms with E-state index in [-0.39, 0.29) is 0 Å². The van der Waals surface area contributed by atoms with E-state index in [1.54, 1.807) is 0 Å². The molecule has 1 aromatic carbocycles. The highest BCUT2D eigenvalue weighted by molar-refractivity contribution is 7.80. The van der Waals surface area contributed by atoms with Crippen molar-refractivity contribution in [2.75, 3.05) is 43.1 Å². The number of nitrogens with one attached hydrogen (secondary N) is 2. The maximum atomic E-state index is 5.42. The van der Waals surface area contributed by atoms with Gasteiger partial charge in [0.1, 0.15) is 0 Å². The number of ether oxygens (including phenoxy) is 1. The summed E-state index contributed by atoms with van der Waals surface area (Å²) in [4.78, 5) is 2.35. The maximum Gasteiger partial charge on any atom is 0.170 e. The van der Waals surface area contributed by atoms with Crippen LogP contribution in [0.4, 0.5) is 11.4 Å². The van der Waals surface area contributed by atoms with Gasteiger partial charge in [0.25, 0.3) is 0 Å². The molecule has 5 heteroatoms. The first-order valence-electron chi connectivity index (χ1n) is 9.20. The second kappa shape index (κ2) is 10.5. The summed E-state index contributed by atoms with van der Waals surface area (Å²) in [6.45, 7) is 8.99. The van der Waals surface area contributed by atoms with E-state index in [1.165, 1.54) is 31.4 Å². The van der Waals surface area contributed by atoms with Gasteiger partial charge in [0, 0.05) is 31.0 Å². The number of nitrogens with zero attached hydrogens (tertiary/aromatic N) is 1. The predicted molar refractivity (Wildman–Crippen MR) is 107 cm³/mol. The Bertz CT molecular complexity index is 486. The molecule has 0 spiro atoms. The smallest absolute Gasteiger partial charge is 0.170 e. The van der Waals surface area contributed by atoms with Crippen molar-refractivity contribution in [1.82, 2.24) is 5.32 Å². The highest BCUT2D eigenvalue weighted by Crippen LogP contribution is 2.19. The van der Waals surface area contributed by atoms with Crippen LogP contribution in [0.5, 0.6) is 0 Å². The fourth-order valence-electron chi connectivity index (χ4n) is 2.93. The molecular formula is C19H31N3OS. The van der Waals surface area contributed by atoms with Crippen molar-refractivity contribution in [3.05, 3.63) is 24.3 Å². The van der Waals surface area contributed by atoms with E-state index in [2.05, 4.69) is 53.6 Å². The van der Waals surface area contributed by atoms with Crippen LogP contribution in [0.3, 0.4) is 0 Å². The van der Waals surface area contributed by atoms with Gasteiger partial charge in [-0.05, 0) is 48.8 Å². The van der Waals surface area contributed by atoms with Gasteiger partial charge < -0.3 is 20.3 Å². The van der Waals surface area contributed by atoms with Crippen LogP contribution in [0, 0.1) is 5.92 Å². The highest BCUT2D eigenvalue weighted by Gasteiger charge is 2.11. The zero-order valence-corrected chi connectivity index (χ0v) is 15.8. The third kappa shape index (κ3) is 6.29. The van der Waals surface area contributed by atoms with Crippen molar-refractivity contribution < 1.29 is 4.74 Å². The molecule has 1 aliphatic heterocycles. The molecule has 0 radical (unpaired) electrons. The molecule has 0 unspecified atom stereocenters. The SMILES string of the molecule is CCCC[C@@H](CC)CNC(=S)Nc1ccc(N2CCOCC2)cc1. The number of hydrogen-bond acceptors (Lipinski definition) is 3. The summed E-state index contributed by atoms with van der Waals surface area (Å²) in [7, 11) is 0. The zero-order valence-electron chi connectivity index (χ0n) is 15.0. The molecule has 1 heterocycles. The maximum absolute atomic E-state index is 5.42. The Hall–Kier alpha value is -1.33. The summed E-state index contributed by atoms with van der Waals surface area (Å²) in [6, 6.07) is 8.47. The summed E-state index contributed by atoms with van der Waals surface area (Å²) in [5.41, 5.74) is 2.28. The summed E-state index contributed by atoms with van der Waals surface area (Å²) in [5, 5.41) is 7.36. The summed E-state index contributed by atoms with van der Waals surface area (Å²) in [6.07, 6.45) is 5.03. The molecule has 0 amide bonds. The van der Waals surface area contributed by atoms with E-state index in [0.717, 1.165) is 38.5 Å². The minimum atomic E-state index is 0.702. The van der Waals surface area contributed by atoms with Crippen molar-refractivity contribution in [2.24, 2.45) is 5.92 Å². The fourth-order valence-corrected chi connectivity index (χ4v) is 3.13. The first kappa shape index (κ1) is 19.0. The fraction of sp³-hybridized carbons (Fsp3) is 0.632. The molecule has 2 N–H and O–H groups in total. The zero-order chi connectivity index (χ0) is 17.2. The Balaban J connectivity index is 1.76. The van der Waals surface area contributed by atoms with Crippen LogP contribution in [0.25, 0.3) is 0 Å². The average molecular weight is 350 g/mol. The minimum Gasteiger partial charge on any atom is -0.378 e. The topological polar surface area (TPSA) is 36.5 Å². The quantitative estimate of drug-likeness (QED) is 0.693. The van der Waals surface area contributed by atoms with Crippen molar-refractivity contribution >= 4 is 28.7 Å². The van der Waals surface area contributed by atoms with Gasteiger partial charge in [0.2, 0.25) is 0 Å². The van der Waals surface area contributed by atoms with Crippen LogP contribution in [0.2, 0.25) is 0 Å². The highest BCUT2D eigenvalue weighted by atomic mass is 32.1. The van der Waals surface area contributed by atoms with Gasteiger partial charge in [-0.15, -0.1) is 0 Å². The molecule has 1 aromatic rings. The van der Waals surface area contributed by atoms with Crippen LogP contribution in [-0.4, -0.2) is 38.0 Å². The third-order valence-corrected chi connectivity index (χ3v) is 4.84. The number of unbranched alkanes of at least 4 members (excludes halogenated alkanes) is 1. The van der Waals surface area contributed by atoms with Crippen LogP contribution in [0.15, 0.2) is 24.3 Å². The summed E-state index contributed by atoms with van der Waals surface area (Å²) >= 11 is 5.42. The van der Waals surface area contributed by atoms with E-state index in [4.69, 9.17) is 17.0 Å². The molecule has 1 fully saturated rings. The standard InChI is InChI=1S/C19H31N3OS/c1-3-5-6-16(4-2)15-20-19(24)21-17-7-9-18(10-8-17)22-11-13-23-14-12-22/h7-10,16H,3-6,11-15H2,1-2H3,(H2,20,21,24)/t16-/m1/s1. The van der Waals surface area contributed by atoms with Crippen molar-refractivity contribution in [3.63, 3.8) is 0 Å². The molecule has 1 aliphatic rings. The normalized spacial score (nSPS) is 15.8. The van der Waals surface area contributed by atoms with Gasteiger partial charge in [0.05, 0.1) is 13.2 Å². The van der Waals surface area contributed by atoms with Gasteiger partial charge in [-0.3, -0.25) is 0 Å². The lowest BCUT2D eigenvalue weighted by Gasteiger charge is -2.29. The molecule has 0 saturated carbocycles. The van der Waals surface area contributed by atoms with E-state index < -0.39 is 0 Å². The van der Waals surface area contributed by atoms with Crippen molar-refractivity contribution in [1.29, 1.82) is 0 Å². The second-order valence-corrected chi connectivity index (χ2v) is 6.81. The Kier molecular flexibility index (Phi) is 8.33. The lowest BCUT2D eigenvalue weighted by atomic mass is 9.99. The predicted octanol–water partition coefficient (Wildman–Crippen LogP) is 4.03. The second-order valence-electron chi connectivity index (χ2n) is 6.40. The number of thiocarbonyl (C=S) groups is 1. The largest absolute Gasteiger partial charge is 0.378 e. The third-order valence-electron chi connectivity index (χ3n) is 4.60. The lowest BCUT2D eigenvalue weighted by molar-refractivity contribution is 0.122. The van der Waals surface area contributed by atoms with Gasteiger partial charge in [-0.25, -0.2) is 0 Å². The molecule has 24 heavy (non-hydrogen) atoms. The van der Waals surface area contributed by atoms with Crippen LogP contribution in [0.1, 0.15) is 39.5 Å². The molecule has 1 saturated heterocycles. The van der Waals surface area contributed by atoms with Gasteiger partial charge >= 0.3 is 0 Å². The Morgan fingerprint density at radius 3 is 2.54 bits per heavy atom. The number of rotatable bonds is 8. The first-order valence-corrected chi connectivity index (χ1v) is 9.61. The van der Waals surface area contributed by atoms with E-state index in [9.17, 15) is 0 Å². The van der Waals surface area contributed by atoms with Crippen molar-refractivity contribution in [3.8, 4) is 0 Å². The average Bonchev–Trinajstić information content (AvgIpc) is 2.63. The first-order chi connectivity index (χ1) is 11.7. The monoisotopic (exact) mass is 349 g/mol. The van der Waals surface area contributed by atoms with Gasteiger partial charge in [0.15, 0.2) is 5.11 Å². The van der Waals surface area contributed by atoms with Crippen LogP contribution < -0.4 is 15.5 Å². The van der Waals surface area contributed by atoms with Gasteiger partial charge in [-0.1, -0.05) is 33.1 Å². The van der Waals surface area contributed by atoms with E-state index in [1.807, 2.05) is 0 Å². The molecule has 0 aliphatic carbocycles. The molecule has 0 bridgehead atoms.